The van der Waals surface area contributed by atoms with Crippen LogP contribution in [0.3, 0.4) is 0 Å². The number of hydrogen-bond acceptors (Lipinski definition) is 1. The Bertz CT molecular complexity index is 54.3. The van der Waals surface area contributed by atoms with E-state index in [1.807, 2.05) is 27.7 Å². The van der Waals surface area contributed by atoms with Gasteiger partial charge < -0.3 is 5.32 Å². The van der Waals surface area contributed by atoms with E-state index >= 15 is 0 Å². The topological polar surface area (TPSA) is 12.0 Å². The maximum absolute atomic E-state index is 3.27. The Hall–Kier alpha value is -0.0400. The van der Waals surface area contributed by atoms with Crippen molar-refractivity contribution in [1.29, 1.82) is 0 Å². The van der Waals surface area contributed by atoms with Crippen LogP contribution in [0, 0.1) is 5.92 Å². The Labute approximate surface area is 92.7 Å². The van der Waals surface area contributed by atoms with Crippen molar-refractivity contribution in [3.63, 3.8) is 0 Å². The van der Waals surface area contributed by atoms with Gasteiger partial charge in [-0.3, -0.25) is 0 Å². The summed E-state index contributed by atoms with van der Waals surface area (Å²) in [6.45, 7) is 17.1. The van der Waals surface area contributed by atoms with Gasteiger partial charge in [-0.1, -0.05) is 61.3 Å². The van der Waals surface area contributed by atoms with Gasteiger partial charge in [-0.2, -0.15) is 0 Å². The third-order valence-corrected chi connectivity index (χ3v) is 1.81. The molecule has 1 saturated heterocycles. The van der Waals surface area contributed by atoms with E-state index in [0.717, 1.165) is 5.92 Å². The first-order valence-electron chi connectivity index (χ1n) is 6.52. The number of nitrogens with one attached hydrogen (secondary N) is 1. The van der Waals surface area contributed by atoms with Crippen LogP contribution in [0.2, 0.25) is 0 Å². The van der Waals surface area contributed by atoms with Crippen LogP contribution in [0.5, 0.6) is 0 Å². The quantitative estimate of drug-likeness (QED) is 0.663. The fourth-order valence-electron chi connectivity index (χ4n) is 0.799. The first-order chi connectivity index (χ1) is 6.81. The number of hydrogen-bond donors (Lipinski definition) is 1. The van der Waals surface area contributed by atoms with Gasteiger partial charge >= 0.3 is 0 Å². The minimum atomic E-state index is 0.935. The molecule has 1 fully saturated rings. The van der Waals surface area contributed by atoms with E-state index in [2.05, 4.69) is 26.1 Å². The van der Waals surface area contributed by atoms with E-state index in [0.29, 0.717) is 0 Å². The largest absolute Gasteiger partial charge is 0.316 e. The highest BCUT2D eigenvalue weighted by Crippen LogP contribution is 2.03. The molecule has 1 aliphatic rings. The zero-order chi connectivity index (χ0) is 11.8. The number of rotatable bonds is 1. The third-order valence-electron chi connectivity index (χ3n) is 1.81. The second kappa shape index (κ2) is 23.1. The first kappa shape index (κ1) is 19.5. The standard InChI is InChI=1S/C5H11N.C4H10.2C2H6/c1-5-2-3-6-4-5;1-3-4-2;2*1-2/h5-6H,2-4H2,1H3;3-4H2,1-2H3;2*1-2H3. The molecule has 1 N–H and O–H groups in total. The van der Waals surface area contributed by atoms with Crippen LogP contribution < -0.4 is 5.32 Å². The van der Waals surface area contributed by atoms with E-state index in [1.165, 1.54) is 32.4 Å². The highest BCUT2D eigenvalue weighted by Gasteiger charge is 2.06. The molecule has 14 heavy (non-hydrogen) atoms. The Balaban J connectivity index is -0.000000134. The first-order valence-corrected chi connectivity index (χ1v) is 6.52. The Kier molecular flexibility index (Phi) is 32.2. The van der Waals surface area contributed by atoms with Crippen LogP contribution in [0.25, 0.3) is 0 Å². The van der Waals surface area contributed by atoms with Gasteiger partial charge in [-0.15, -0.1) is 0 Å². The molecule has 1 heterocycles. The summed E-state index contributed by atoms with van der Waals surface area (Å²) < 4.78 is 0. The van der Waals surface area contributed by atoms with Crippen LogP contribution in [-0.4, -0.2) is 13.1 Å². The van der Waals surface area contributed by atoms with Crippen molar-refractivity contribution in [3.05, 3.63) is 0 Å². The highest BCUT2D eigenvalue weighted by molar-refractivity contribution is 4.65. The summed E-state index contributed by atoms with van der Waals surface area (Å²) in [4.78, 5) is 0. The molecule has 0 aromatic carbocycles. The van der Waals surface area contributed by atoms with Gasteiger partial charge in [0.2, 0.25) is 0 Å². The van der Waals surface area contributed by atoms with Gasteiger partial charge in [-0.25, -0.2) is 0 Å². The maximum atomic E-state index is 3.27. The Morgan fingerprint density at radius 1 is 1.00 bits per heavy atom. The van der Waals surface area contributed by atoms with Crippen molar-refractivity contribution in [2.24, 2.45) is 5.92 Å². The molecule has 0 radical (unpaired) electrons. The second-order valence-electron chi connectivity index (χ2n) is 3.10. The minimum Gasteiger partial charge on any atom is -0.316 e. The molecule has 1 nitrogen and oxygen atoms in total. The lowest BCUT2D eigenvalue weighted by Gasteiger charge is -1.90. The fourth-order valence-corrected chi connectivity index (χ4v) is 0.799. The van der Waals surface area contributed by atoms with Crippen molar-refractivity contribution in [3.8, 4) is 0 Å². The maximum Gasteiger partial charge on any atom is -0.00227 e. The molecule has 1 aliphatic heterocycles. The van der Waals surface area contributed by atoms with Crippen molar-refractivity contribution in [2.75, 3.05) is 13.1 Å². The molecule has 0 aliphatic carbocycles. The predicted octanol–water partition coefficient (Wildman–Crippen LogP) is 4.47. The molecule has 1 rings (SSSR count). The van der Waals surface area contributed by atoms with Gasteiger partial charge in [-0.05, 0) is 25.4 Å². The molecule has 1 atom stereocenters. The number of unbranched alkanes of at least 4 members (excludes halogenated alkanes) is 1. The van der Waals surface area contributed by atoms with Gasteiger partial charge in [0.25, 0.3) is 0 Å². The van der Waals surface area contributed by atoms with Crippen LogP contribution in [0.4, 0.5) is 0 Å². The zero-order valence-electron chi connectivity index (χ0n) is 11.6. The molecule has 0 saturated carbocycles. The monoisotopic (exact) mass is 203 g/mol. The summed E-state index contributed by atoms with van der Waals surface area (Å²) in [6, 6.07) is 0. The van der Waals surface area contributed by atoms with Gasteiger partial charge in [0.05, 0.1) is 0 Å². The summed E-state index contributed by atoms with van der Waals surface area (Å²) in [5.74, 6) is 0.935. The normalized spacial score (nSPS) is 17.8. The van der Waals surface area contributed by atoms with Crippen LogP contribution >= 0.6 is 0 Å². The Morgan fingerprint density at radius 3 is 1.50 bits per heavy atom. The average molecular weight is 203 g/mol. The predicted molar refractivity (Wildman–Crippen MR) is 69.9 cm³/mol. The van der Waals surface area contributed by atoms with Crippen LogP contribution in [0.1, 0.15) is 67.7 Å². The van der Waals surface area contributed by atoms with Crippen LogP contribution in [0.15, 0.2) is 0 Å². The smallest absolute Gasteiger partial charge is 0.00227 e. The highest BCUT2D eigenvalue weighted by atomic mass is 14.9. The molecule has 0 amide bonds. The van der Waals surface area contributed by atoms with E-state index in [4.69, 9.17) is 0 Å². The SMILES string of the molecule is CC.CC.CC1CCNC1.CCCC. The van der Waals surface area contributed by atoms with Gasteiger partial charge in [0, 0.05) is 0 Å². The van der Waals surface area contributed by atoms with E-state index in [-0.39, 0.29) is 0 Å². The minimum absolute atomic E-state index is 0.935. The van der Waals surface area contributed by atoms with Crippen molar-refractivity contribution < 1.29 is 0 Å². The van der Waals surface area contributed by atoms with E-state index in [1.54, 1.807) is 0 Å². The molecule has 1 heteroatoms. The van der Waals surface area contributed by atoms with Crippen molar-refractivity contribution >= 4 is 0 Å². The summed E-state index contributed by atoms with van der Waals surface area (Å²) in [5, 5.41) is 3.27. The lowest BCUT2D eigenvalue weighted by atomic mass is 10.2. The molecular formula is C13H33N. The third kappa shape index (κ3) is 22.7. The van der Waals surface area contributed by atoms with E-state index in [9.17, 15) is 0 Å². The molecular weight excluding hydrogens is 170 g/mol. The lowest BCUT2D eigenvalue weighted by Crippen LogP contribution is -2.06. The van der Waals surface area contributed by atoms with E-state index < -0.39 is 0 Å². The fraction of sp³-hybridized carbons (Fsp3) is 1.00. The Morgan fingerprint density at radius 2 is 1.43 bits per heavy atom. The van der Waals surface area contributed by atoms with Gasteiger partial charge in [0.1, 0.15) is 0 Å². The molecule has 1 unspecified atom stereocenters. The van der Waals surface area contributed by atoms with Crippen molar-refractivity contribution in [2.45, 2.75) is 67.7 Å². The second-order valence-corrected chi connectivity index (χ2v) is 3.10. The summed E-state index contributed by atoms with van der Waals surface area (Å²) in [6.07, 6.45) is 4.01. The molecule has 90 valence electrons. The molecule has 0 bridgehead atoms. The summed E-state index contributed by atoms with van der Waals surface area (Å²) in [7, 11) is 0. The van der Waals surface area contributed by atoms with Crippen LogP contribution in [-0.2, 0) is 0 Å². The molecule has 0 spiro atoms. The molecule has 0 aromatic heterocycles. The van der Waals surface area contributed by atoms with Gasteiger partial charge in [0.15, 0.2) is 0 Å². The van der Waals surface area contributed by atoms with Crippen molar-refractivity contribution in [1.82, 2.24) is 5.32 Å². The zero-order valence-corrected chi connectivity index (χ0v) is 11.6. The summed E-state index contributed by atoms with van der Waals surface area (Å²) >= 11 is 0. The average Bonchev–Trinajstić information content (AvgIpc) is 2.75. The summed E-state index contributed by atoms with van der Waals surface area (Å²) in [5.41, 5.74) is 0. The molecule has 0 aromatic rings. The lowest BCUT2D eigenvalue weighted by molar-refractivity contribution is 0.651.